The minimum atomic E-state index is -0.884. The first-order valence-corrected chi connectivity index (χ1v) is 10.9. The molecule has 2 aromatic rings. The molecular weight excluding hydrogens is 346 g/mol. The summed E-state index contributed by atoms with van der Waals surface area (Å²) in [4.78, 5) is 2.52. The van der Waals surface area contributed by atoms with Gasteiger partial charge in [0.15, 0.2) is 0 Å². The third-order valence-corrected chi connectivity index (χ3v) is 5.99. The van der Waals surface area contributed by atoms with Gasteiger partial charge in [0.1, 0.15) is 5.75 Å². The molecule has 0 radical (unpaired) electrons. The molecule has 3 nitrogen and oxygen atoms in total. The minimum Gasteiger partial charge on any atom is -0.494 e. The van der Waals surface area contributed by atoms with E-state index in [1.54, 1.807) is 0 Å². The summed E-state index contributed by atoms with van der Waals surface area (Å²) in [5, 5.41) is 12.1. The summed E-state index contributed by atoms with van der Waals surface area (Å²) in [6.45, 7) is 8.01. The monoisotopic (exact) mass is 381 g/mol. The zero-order chi connectivity index (χ0) is 19.8. The summed E-state index contributed by atoms with van der Waals surface area (Å²) >= 11 is 0. The second-order valence-electron chi connectivity index (χ2n) is 7.96. The Hall–Kier alpha value is -1.84. The van der Waals surface area contributed by atoms with Crippen molar-refractivity contribution in [3.8, 4) is 5.75 Å². The van der Waals surface area contributed by atoms with E-state index in [4.69, 9.17) is 4.74 Å². The van der Waals surface area contributed by atoms with Gasteiger partial charge in [0.05, 0.1) is 12.2 Å². The van der Waals surface area contributed by atoms with Crippen molar-refractivity contribution in [3.05, 3.63) is 65.7 Å². The lowest BCUT2D eigenvalue weighted by molar-refractivity contribution is -0.0130. The number of unbranched alkanes of at least 4 members (excludes halogenated alkanes) is 1. The van der Waals surface area contributed by atoms with Gasteiger partial charge < -0.3 is 14.7 Å². The van der Waals surface area contributed by atoms with E-state index in [2.05, 4.69) is 54.3 Å². The SMILES string of the molecule is CCCC[C@](O)(c1ccc(OCC)cc1)[C@H](CN1CCCC1)c1ccccc1. The average molecular weight is 382 g/mol. The molecule has 1 aliphatic heterocycles. The van der Waals surface area contributed by atoms with Crippen molar-refractivity contribution in [1.82, 2.24) is 4.90 Å². The highest BCUT2D eigenvalue weighted by Crippen LogP contribution is 2.42. The largest absolute Gasteiger partial charge is 0.494 e. The van der Waals surface area contributed by atoms with Gasteiger partial charge >= 0.3 is 0 Å². The Morgan fingerprint density at radius 2 is 1.68 bits per heavy atom. The minimum absolute atomic E-state index is 0.0521. The van der Waals surface area contributed by atoms with E-state index >= 15 is 0 Å². The van der Waals surface area contributed by atoms with Crippen LogP contribution < -0.4 is 4.74 Å². The summed E-state index contributed by atoms with van der Waals surface area (Å²) < 4.78 is 5.62. The van der Waals surface area contributed by atoms with Crippen molar-refractivity contribution < 1.29 is 9.84 Å². The molecule has 0 bridgehead atoms. The number of hydrogen-bond donors (Lipinski definition) is 1. The molecule has 2 atom stereocenters. The van der Waals surface area contributed by atoms with Crippen molar-refractivity contribution in [2.45, 2.75) is 57.5 Å². The van der Waals surface area contributed by atoms with Crippen LogP contribution in [0.4, 0.5) is 0 Å². The first-order valence-electron chi connectivity index (χ1n) is 10.9. The zero-order valence-corrected chi connectivity index (χ0v) is 17.4. The van der Waals surface area contributed by atoms with Crippen LogP contribution in [0.15, 0.2) is 54.6 Å². The second kappa shape index (κ2) is 10.1. The number of likely N-dealkylation sites (tertiary alicyclic amines) is 1. The Morgan fingerprint density at radius 3 is 2.29 bits per heavy atom. The predicted octanol–water partition coefficient (Wildman–Crippen LogP) is 5.34. The Labute approximate surface area is 170 Å². The van der Waals surface area contributed by atoms with Crippen molar-refractivity contribution in [3.63, 3.8) is 0 Å². The Kier molecular flexibility index (Phi) is 7.52. The molecular formula is C25H35NO2. The van der Waals surface area contributed by atoms with Crippen molar-refractivity contribution in [2.24, 2.45) is 0 Å². The number of ether oxygens (including phenoxy) is 1. The number of benzene rings is 2. The van der Waals surface area contributed by atoms with Crippen LogP contribution >= 0.6 is 0 Å². The molecule has 2 aromatic carbocycles. The highest BCUT2D eigenvalue weighted by Gasteiger charge is 2.40. The number of hydrogen-bond acceptors (Lipinski definition) is 3. The van der Waals surface area contributed by atoms with Crippen LogP contribution in [0.3, 0.4) is 0 Å². The summed E-state index contributed by atoms with van der Waals surface area (Å²) in [5.41, 5.74) is 1.34. The maximum absolute atomic E-state index is 12.1. The molecule has 0 spiro atoms. The molecule has 1 saturated heterocycles. The predicted molar refractivity (Wildman–Crippen MR) is 116 cm³/mol. The number of rotatable bonds is 10. The topological polar surface area (TPSA) is 32.7 Å². The highest BCUT2D eigenvalue weighted by molar-refractivity contribution is 5.35. The van der Waals surface area contributed by atoms with Crippen LogP contribution in [0.1, 0.15) is 63.0 Å². The van der Waals surface area contributed by atoms with Gasteiger partial charge in [0.2, 0.25) is 0 Å². The van der Waals surface area contributed by atoms with Gasteiger partial charge in [-0.05, 0) is 62.5 Å². The molecule has 0 aliphatic carbocycles. The summed E-state index contributed by atoms with van der Waals surface area (Å²) in [6.07, 6.45) is 5.37. The van der Waals surface area contributed by atoms with Gasteiger partial charge in [0.25, 0.3) is 0 Å². The van der Waals surface area contributed by atoms with E-state index in [1.165, 1.54) is 18.4 Å². The molecule has 0 amide bonds. The molecule has 0 aromatic heterocycles. The van der Waals surface area contributed by atoms with Gasteiger partial charge in [-0.2, -0.15) is 0 Å². The van der Waals surface area contributed by atoms with Crippen LogP contribution in [-0.4, -0.2) is 36.2 Å². The van der Waals surface area contributed by atoms with Gasteiger partial charge in [0, 0.05) is 12.5 Å². The van der Waals surface area contributed by atoms with E-state index < -0.39 is 5.60 Å². The molecule has 0 unspecified atom stereocenters. The van der Waals surface area contributed by atoms with Gasteiger partial charge in [-0.3, -0.25) is 0 Å². The lowest BCUT2D eigenvalue weighted by atomic mass is 9.74. The highest BCUT2D eigenvalue weighted by atomic mass is 16.5. The second-order valence-corrected chi connectivity index (χ2v) is 7.96. The average Bonchev–Trinajstić information content (AvgIpc) is 3.25. The van der Waals surface area contributed by atoms with E-state index in [1.807, 2.05) is 19.1 Å². The number of nitrogens with zero attached hydrogens (tertiary/aromatic N) is 1. The maximum Gasteiger partial charge on any atom is 0.119 e. The third-order valence-electron chi connectivity index (χ3n) is 5.99. The summed E-state index contributed by atoms with van der Waals surface area (Å²) in [6, 6.07) is 18.7. The van der Waals surface area contributed by atoms with Crippen molar-refractivity contribution in [2.75, 3.05) is 26.2 Å². The smallest absolute Gasteiger partial charge is 0.119 e. The fourth-order valence-corrected chi connectivity index (χ4v) is 4.41. The lowest BCUT2D eigenvalue weighted by Crippen LogP contribution is -2.40. The van der Waals surface area contributed by atoms with Gasteiger partial charge in [-0.25, -0.2) is 0 Å². The van der Waals surface area contributed by atoms with Crippen LogP contribution in [0.5, 0.6) is 5.75 Å². The van der Waals surface area contributed by atoms with E-state index in [0.29, 0.717) is 6.61 Å². The first-order chi connectivity index (χ1) is 13.7. The lowest BCUT2D eigenvalue weighted by Gasteiger charge is -2.39. The molecule has 152 valence electrons. The molecule has 1 fully saturated rings. The fraction of sp³-hybridized carbons (Fsp3) is 0.520. The third kappa shape index (κ3) is 4.95. The van der Waals surface area contributed by atoms with E-state index in [9.17, 15) is 5.11 Å². The molecule has 28 heavy (non-hydrogen) atoms. The normalized spacial score (nSPS) is 18.0. The summed E-state index contributed by atoms with van der Waals surface area (Å²) in [5.74, 6) is 0.913. The molecule has 1 N–H and O–H groups in total. The molecule has 3 heteroatoms. The zero-order valence-electron chi connectivity index (χ0n) is 17.4. The molecule has 1 aliphatic rings. The van der Waals surface area contributed by atoms with E-state index in [-0.39, 0.29) is 5.92 Å². The Balaban J connectivity index is 1.97. The van der Waals surface area contributed by atoms with Crippen LogP contribution in [0.25, 0.3) is 0 Å². The molecule has 3 rings (SSSR count). The fourth-order valence-electron chi connectivity index (χ4n) is 4.41. The van der Waals surface area contributed by atoms with Crippen LogP contribution in [0, 0.1) is 0 Å². The molecule has 1 heterocycles. The van der Waals surface area contributed by atoms with Gasteiger partial charge in [-0.15, -0.1) is 0 Å². The maximum atomic E-state index is 12.1. The first kappa shape index (κ1) is 20.9. The molecule has 0 saturated carbocycles. The standard InChI is InChI=1S/C25H35NO2/c1-3-5-17-25(27,22-13-15-23(16-14-22)28-4-2)24(20-26-18-9-10-19-26)21-11-7-6-8-12-21/h6-8,11-16,24,27H,3-5,9-10,17-20H2,1-2H3/t24-,25+/m1/s1. The van der Waals surface area contributed by atoms with Crippen LogP contribution in [0.2, 0.25) is 0 Å². The van der Waals surface area contributed by atoms with Gasteiger partial charge in [-0.1, -0.05) is 62.2 Å². The Bertz CT molecular complexity index is 694. The number of aliphatic hydroxyl groups is 1. The quantitative estimate of drug-likeness (QED) is 0.603. The summed E-state index contributed by atoms with van der Waals surface area (Å²) in [7, 11) is 0. The van der Waals surface area contributed by atoms with E-state index in [0.717, 1.165) is 50.2 Å². The van der Waals surface area contributed by atoms with Crippen LogP contribution in [-0.2, 0) is 5.60 Å². The van der Waals surface area contributed by atoms with Crippen molar-refractivity contribution >= 4 is 0 Å². The van der Waals surface area contributed by atoms with Crippen molar-refractivity contribution in [1.29, 1.82) is 0 Å². The Morgan fingerprint density at radius 1 is 1.00 bits per heavy atom.